The van der Waals surface area contributed by atoms with Gasteiger partial charge in [0.2, 0.25) is 0 Å². The van der Waals surface area contributed by atoms with E-state index in [1.165, 1.54) is 43.3 Å². The van der Waals surface area contributed by atoms with Gasteiger partial charge in [0.1, 0.15) is 0 Å². The molecule has 9 rings (SSSR count). The minimum atomic E-state index is -0.369. The number of pyridine rings is 1. The van der Waals surface area contributed by atoms with Gasteiger partial charge in [-0.1, -0.05) is 152 Å². The van der Waals surface area contributed by atoms with Gasteiger partial charge in [-0.2, -0.15) is 0 Å². The molecule has 4 heteroatoms. The highest BCUT2D eigenvalue weighted by Crippen LogP contribution is 2.50. The molecule has 0 spiro atoms. The highest BCUT2D eigenvalue weighted by atomic mass is 31.1. The van der Waals surface area contributed by atoms with Crippen molar-refractivity contribution in [2.75, 3.05) is 0 Å². The lowest BCUT2D eigenvalue weighted by atomic mass is 9.98. The SMILES string of the molecule is Cp1c2ccccc2c2cccc(-c3ccc(-c4ccc(-c5nc6c(-c7ccccc7)cc(-c7ccccc7)cn6n5)cc4)cc3)c21. The Morgan fingerprint density at radius 3 is 1.74 bits per heavy atom. The second-order valence-corrected chi connectivity index (χ2v) is 14.1. The van der Waals surface area contributed by atoms with Crippen molar-refractivity contribution in [1.29, 1.82) is 0 Å². The van der Waals surface area contributed by atoms with Gasteiger partial charge in [-0.3, -0.25) is 0 Å². The lowest BCUT2D eigenvalue weighted by Crippen LogP contribution is -1.93. The molecule has 0 radical (unpaired) electrons. The Bertz CT molecular complexity index is 2540. The molecule has 47 heavy (non-hydrogen) atoms. The Kier molecular flexibility index (Phi) is 6.59. The fourth-order valence-electron chi connectivity index (χ4n) is 6.85. The van der Waals surface area contributed by atoms with Crippen LogP contribution >= 0.6 is 7.53 Å². The zero-order valence-electron chi connectivity index (χ0n) is 25.9. The summed E-state index contributed by atoms with van der Waals surface area (Å²) in [5.74, 6) is 0.712. The lowest BCUT2D eigenvalue weighted by Gasteiger charge is -2.08. The van der Waals surface area contributed by atoms with Gasteiger partial charge in [0, 0.05) is 33.1 Å². The monoisotopic (exact) mass is 619 g/mol. The second-order valence-electron chi connectivity index (χ2n) is 12.0. The summed E-state index contributed by atoms with van der Waals surface area (Å²) in [7, 11) is -0.369. The van der Waals surface area contributed by atoms with Gasteiger partial charge in [-0.25, -0.2) is 9.50 Å². The highest BCUT2D eigenvalue weighted by Gasteiger charge is 2.15. The van der Waals surface area contributed by atoms with Crippen LogP contribution in [-0.4, -0.2) is 14.6 Å². The zero-order valence-corrected chi connectivity index (χ0v) is 26.8. The Morgan fingerprint density at radius 1 is 0.468 bits per heavy atom. The summed E-state index contributed by atoms with van der Waals surface area (Å²) < 4.78 is 1.92. The number of benzene rings is 6. The Balaban J connectivity index is 1.06. The van der Waals surface area contributed by atoms with Crippen molar-refractivity contribution < 1.29 is 0 Å². The van der Waals surface area contributed by atoms with Crippen LogP contribution in [0.2, 0.25) is 0 Å². The molecule has 0 aliphatic heterocycles. The van der Waals surface area contributed by atoms with Crippen molar-refractivity contribution in [3.8, 4) is 55.9 Å². The van der Waals surface area contributed by atoms with Crippen molar-refractivity contribution in [1.82, 2.24) is 14.6 Å². The maximum Gasteiger partial charge on any atom is 0.182 e. The van der Waals surface area contributed by atoms with Crippen molar-refractivity contribution in [2.45, 2.75) is 0 Å². The topological polar surface area (TPSA) is 30.2 Å². The molecule has 0 aliphatic rings. The first-order valence-electron chi connectivity index (χ1n) is 15.9. The molecule has 0 fully saturated rings. The number of hydrogen-bond donors (Lipinski definition) is 0. The van der Waals surface area contributed by atoms with E-state index in [2.05, 4.69) is 158 Å². The molecule has 3 heterocycles. The van der Waals surface area contributed by atoms with Crippen LogP contribution in [-0.2, 0) is 6.66 Å². The predicted molar refractivity (Wildman–Crippen MR) is 199 cm³/mol. The van der Waals surface area contributed by atoms with E-state index in [1.54, 1.807) is 0 Å². The molecule has 1 atom stereocenters. The molecule has 9 aromatic rings. The summed E-state index contributed by atoms with van der Waals surface area (Å²) in [5, 5.41) is 10.7. The third-order valence-electron chi connectivity index (χ3n) is 9.22. The highest BCUT2D eigenvalue weighted by molar-refractivity contribution is 7.60. The number of hydrogen-bond acceptors (Lipinski definition) is 2. The molecule has 1 unspecified atom stereocenters. The van der Waals surface area contributed by atoms with Crippen LogP contribution in [0.25, 0.3) is 82.6 Å². The average Bonchev–Trinajstić information content (AvgIpc) is 3.71. The molecular formula is C43H30N3P. The van der Waals surface area contributed by atoms with Crippen molar-refractivity contribution in [3.05, 3.63) is 164 Å². The second kappa shape index (κ2) is 11.2. The van der Waals surface area contributed by atoms with E-state index < -0.39 is 0 Å². The van der Waals surface area contributed by atoms with Gasteiger partial charge in [-0.15, -0.1) is 12.6 Å². The Hall–Kier alpha value is -5.76. The number of fused-ring (bicyclic) bond motifs is 4. The number of aryl methyl sites for hydroxylation is 1. The molecule has 0 saturated heterocycles. The van der Waals surface area contributed by atoms with Crippen molar-refractivity contribution in [3.63, 3.8) is 0 Å². The summed E-state index contributed by atoms with van der Waals surface area (Å²) in [6.45, 7) is 2.39. The van der Waals surface area contributed by atoms with Gasteiger partial charge >= 0.3 is 0 Å². The van der Waals surface area contributed by atoms with Gasteiger partial charge < -0.3 is 0 Å². The average molecular weight is 620 g/mol. The lowest BCUT2D eigenvalue weighted by molar-refractivity contribution is 0.968. The maximum atomic E-state index is 5.04. The molecule has 3 aromatic heterocycles. The number of nitrogens with zero attached hydrogens (tertiary/aromatic N) is 3. The van der Waals surface area contributed by atoms with E-state index in [1.807, 2.05) is 16.6 Å². The molecule has 6 aromatic carbocycles. The standard InChI is InChI=1S/C43H30N3P/c1-47-40-18-9-8-15-37(40)38-17-10-16-36(41(38)47)33-23-19-30(20-24-33)31-21-25-34(26-22-31)42-44-43-39(32-13-6-3-7-14-32)27-35(28-46(43)45-42)29-11-4-2-5-12-29/h2-28H,1H3. The van der Waals surface area contributed by atoms with E-state index in [0.717, 1.165) is 33.5 Å². The third-order valence-corrected chi connectivity index (χ3v) is 11.5. The fourth-order valence-corrected chi connectivity index (χ4v) is 9.08. The summed E-state index contributed by atoms with van der Waals surface area (Å²) in [5.41, 5.74) is 11.2. The van der Waals surface area contributed by atoms with Gasteiger partial charge in [0.25, 0.3) is 0 Å². The van der Waals surface area contributed by atoms with Crippen molar-refractivity contribution in [2.24, 2.45) is 6.66 Å². The molecule has 0 bridgehead atoms. The summed E-state index contributed by atoms with van der Waals surface area (Å²) in [6.07, 6.45) is 2.08. The van der Waals surface area contributed by atoms with E-state index in [4.69, 9.17) is 10.1 Å². The van der Waals surface area contributed by atoms with Crippen LogP contribution in [0, 0.1) is 0 Å². The Morgan fingerprint density at radius 2 is 1.02 bits per heavy atom. The van der Waals surface area contributed by atoms with Crippen LogP contribution in [0.5, 0.6) is 0 Å². The molecule has 0 amide bonds. The fraction of sp³-hybridized carbons (Fsp3) is 0.0233. The summed E-state index contributed by atoms with van der Waals surface area (Å²) in [6, 6.07) is 56.3. The molecule has 0 aliphatic carbocycles. The molecule has 3 nitrogen and oxygen atoms in total. The van der Waals surface area contributed by atoms with E-state index in [-0.39, 0.29) is 7.53 Å². The van der Waals surface area contributed by atoms with E-state index in [0.29, 0.717) is 5.82 Å². The summed E-state index contributed by atoms with van der Waals surface area (Å²) in [4.78, 5) is 5.04. The van der Waals surface area contributed by atoms with Crippen LogP contribution in [0.15, 0.2) is 164 Å². The molecule has 0 saturated carbocycles. The van der Waals surface area contributed by atoms with Crippen molar-refractivity contribution >= 4 is 34.2 Å². The molecule has 222 valence electrons. The normalized spacial score (nSPS) is 11.9. The largest absolute Gasteiger partial charge is 0.219 e. The van der Waals surface area contributed by atoms with E-state index >= 15 is 0 Å². The van der Waals surface area contributed by atoms with Gasteiger partial charge in [0.15, 0.2) is 11.5 Å². The van der Waals surface area contributed by atoms with Crippen LogP contribution < -0.4 is 0 Å². The van der Waals surface area contributed by atoms with Gasteiger partial charge in [-0.05, 0) is 56.9 Å². The minimum Gasteiger partial charge on any atom is -0.219 e. The molecular weight excluding hydrogens is 589 g/mol. The Labute approximate surface area is 274 Å². The first-order valence-corrected chi connectivity index (χ1v) is 17.7. The first kappa shape index (κ1) is 27.5. The number of rotatable bonds is 5. The molecule has 0 N–H and O–H groups in total. The summed E-state index contributed by atoms with van der Waals surface area (Å²) >= 11 is 0. The predicted octanol–water partition coefficient (Wildman–Crippen LogP) is 11.9. The van der Waals surface area contributed by atoms with Crippen LogP contribution in [0.4, 0.5) is 0 Å². The smallest absolute Gasteiger partial charge is 0.182 e. The quantitative estimate of drug-likeness (QED) is 0.192. The van der Waals surface area contributed by atoms with Crippen LogP contribution in [0.1, 0.15) is 0 Å². The third kappa shape index (κ3) is 4.76. The number of aromatic nitrogens is 3. The van der Waals surface area contributed by atoms with Gasteiger partial charge in [0.05, 0.1) is 0 Å². The minimum absolute atomic E-state index is 0.369. The first-order chi connectivity index (χ1) is 23.2. The van der Waals surface area contributed by atoms with E-state index in [9.17, 15) is 0 Å². The zero-order chi connectivity index (χ0) is 31.3. The maximum absolute atomic E-state index is 5.04. The van der Waals surface area contributed by atoms with Crippen LogP contribution in [0.3, 0.4) is 0 Å².